The van der Waals surface area contributed by atoms with Crippen LogP contribution >= 0.6 is 0 Å². The number of nitrogens with two attached hydrogens (primary N) is 1. The summed E-state index contributed by atoms with van der Waals surface area (Å²) in [5, 5.41) is 23.2. The van der Waals surface area contributed by atoms with Gasteiger partial charge in [-0.15, -0.1) is 0 Å². The van der Waals surface area contributed by atoms with Gasteiger partial charge in [0, 0.05) is 65.5 Å². The molecule has 1 aromatic carbocycles. The highest BCUT2D eigenvalue weighted by Crippen LogP contribution is 2.38. The summed E-state index contributed by atoms with van der Waals surface area (Å²) in [6.45, 7) is 18.2. The summed E-state index contributed by atoms with van der Waals surface area (Å²) < 4.78 is 24.7. The largest absolute Gasteiger partial charge is 0.492 e. The van der Waals surface area contributed by atoms with Crippen LogP contribution in [0, 0.1) is 37.5 Å². The number of likely N-dealkylation sites (N-methyl/N-ethyl adjacent to an activating group) is 4. The zero-order chi connectivity index (χ0) is 72.1. The number of cyclic esters (lactones) is 2. The van der Waals surface area contributed by atoms with Crippen LogP contribution in [0.4, 0.5) is 5.69 Å². The Hall–Kier alpha value is -9.00. The number of amides is 10. The third kappa shape index (κ3) is 16.0. The van der Waals surface area contributed by atoms with Gasteiger partial charge in [0.05, 0.1) is 36.5 Å². The minimum Gasteiger partial charge on any atom is -0.492 e. The van der Waals surface area contributed by atoms with Crippen molar-refractivity contribution in [2.75, 3.05) is 86.4 Å². The van der Waals surface area contributed by atoms with E-state index >= 15 is 19.2 Å². The van der Waals surface area contributed by atoms with Crippen molar-refractivity contribution in [3.05, 3.63) is 38.5 Å². The molecule has 1 aliphatic carbocycles. The van der Waals surface area contributed by atoms with Crippen molar-refractivity contribution < 1.29 is 81.3 Å². The average Bonchev–Trinajstić information content (AvgIpc) is 1.00. The van der Waals surface area contributed by atoms with Crippen LogP contribution in [0.15, 0.2) is 15.3 Å². The molecule has 8 N–H and O–H groups in total. The summed E-state index contributed by atoms with van der Waals surface area (Å²) in [5.41, 5.74) is 2.90. The van der Waals surface area contributed by atoms with E-state index in [0.717, 1.165) is 9.80 Å². The lowest BCUT2D eigenvalue weighted by atomic mass is 9.98. The normalized spacial score (nSPS) is 25.2. The molecule has 97 heavy (non-hydrogen) atoms. The average molecular weight is 1360 g/mol. The minimum absolute atomic E-state index is 0.00387. The number of nitrogen functional groups attached to an aromatic ring is 1. The Kier molecular flexibility index (Phi) is 24.5. The lowest BCUT2D eigenvalue weighted by molar-refractivity contribution is -0.163. The third-order valence-corrected chi connectivity index (χ3v) is 18.5. The van der Waals surface area contributed by atoms with Gasteiger partial charge in [0.2, 0.25) is 52.7 Å². The molecule has 0 unspecified atom stereocenters. The summed E-state index contributed by atoms with van der Waals surface area (Å²) in [5.74, 6) is -12.9. The first-order valence-corrected chi connectivity index (χ1v) is 33.0. The number of nitrogens with zero attached hydrogens (tertiary/aromatic N) is 7. The van der Waals surface area contributed by atoms with E-state index in [9.17, 15) is 48.3 Å². The van der Waals surface area contributed by atoms with Crippen molar-refractivity contribution in [3.63, 3.8) is 0 Å². The van der Waals surface area contributed by atoms with E-state index in [1.165, 1.54) is 74.6 Å². The zero-order valence-electron chi connectivity index (χ0n) is 58.2. The Morgan fingerprint density at radius 1 is 0.660 bits per heavy atom. The third-order valence-electron chi connectivity index (χ3n) is 18.5. The molecule has 0 aromatic heterocycles. The fraction of sp³-hybridized carbons (Fsp3) is 0.636. The number of nitrogens with one attached hydrogen (secondary N) is 5. The van der Waals surface area contributed by atoms with Crippen molar-refractivity contribution in [1.82, 2.24) is 61.0 Å². The van der Waals surface area contributed by atoms with Crippen molar-refractivity contribution >= 4 is 87.8 Å². The van der Waals surface area contributed by atoms with E-state index in [2.05, 4.69) is 26.6 Å². The van der Waals surface area contributed by atoms with Crippen LogP contribution in [0.25, 0.3) is 22.6 Å². The maximum absolute atomic E-state index is 15.5. The molecule has 5 aliphatic heterocycles. The maximum atomic E-state index is 15.5. The first kappa shape index (κ1) is 75.4. The fourth-order valence-electron chi connectivity index (χ4n) is 12.9. The summed E-state index contributed by atoms with van der Waals surface area (Å²) in [7, 11) is 5.55. The summed E-state index contributed by atoms with van der Waals surface area (Å²) in [6, 6.07) is -9.77. The predicted molar refractivity (Wildman–Crippen MR) is 351 cm³/mol. The highest BCUT2D eigenvalue weighted by atomic mass is 16.6. The molecule has 31 nitrogen and oxygen atoms in total. The molecule has 0 saturated carbocycles. The van der Waals surface area contributed by atoms with E-state index in [0.29, 0.717) is 12.8 Å². The topological polar surface area (TPSA) is 401 Å². The number of rotatable bonds is 14. The molecule has 10 atom stereocenters. The molecule has 4 fully saturated rings. The molecular formula is C66H95N13O18. The van der Waals surface area contributed by atoms with Crippen molar-refractivity contribution in [2.45, 2.75) is 169 Å². The number of hydrogen-bond acceptors (Lipinski definition) is 21. The molecule has 0 spiro atoms. The molecule has 6 aliphatic rings. The van der Waals surface area contributed by atoms with E-state index in [-0.39, 0.29) is 86.0 Å². The number of hydrogen-bond donors (Lipinski definition) is 7. The lowest BCUT2D eigenvalue weighted by Gasteiger charge is -2.36. The maximum Gasteiger partial charge on any atom is 0.329 e. The van der Waals surface area contributed by atoms with E-state index in [1.54, 1.807) is 62.3 Å². The summed E-state index contributed by atoms with van der Waals surface area (Å²) >= 11 is 0. The number of esters is 2. The zero-order valence-corrected chi connectivity index (χ0v) is 58.2. The summed E-state index contributed by atoms with van der Waals surface area (Å²) in [6.07, 6.45) is -1.83. The van der Waals surface area contributed by atoms with Crippen LogP contribution in [-0.2, 0) is 57.4 Å². The molecule has 10 amide bonds. The molecule has 532 valence electrons. The van der Waals surface area contributed by atoms with E-state index in [1.807, 2.05) is 0 Å². The SMILES string of the molecule is Cc1c2oc3c(C)c(OCCNCCO)cc(C(=O)N[C@@H]4C(=O)N[C@H](C(C)C)C(=O)N5CCC[C@H]5C(=O)N(C)CC(=O)N(C)[C@@H](C(C)C)C(=O)O[C@@H]4C)c3nc-2c(C(=O)N[C@@H]2C(=O)N[C@H](C(C)C)C(=O)N3CCC[C@H]3C(=O)N(C)CC(=O)N(C)[C@@H](C(C)C)C(=O)O[C@@H]2C)c(N)c1=O. The van der Waals surface area contributed by atoms with Gasteiger partial charge in [-0.1, -0.05) is 55.4 Å². The number of benzene rings is 2. The number of anilines is 1. The quantitative estimate of drug-likeness (QED) is 0.0471. The second-order valence-corrected chi connectivity index (χ2v) is 27.0. The van der Waals surface area contributed by atoms with Gasteiger partial charge in [-0.3, -0.25) is 52.7 Å². The first-order valence-electron chi connectivity index (χ1n) is 33.0. The van der Waals surface area contributed by atoms with Crippen molar-refractivity contribution in [2.24, 2.45) is 23.7 Å². The van der Waals surface area contributed by atoms with Crippen LogP contribution < -0.4 is 42.5 Å². The number of carbonyl (C=O) groups is 12. The standard InChI is InChI=1S/C66H95N13O18/c1-30(2)46-63(90)78-23-17-19-39(78)61(88)74(13)28-42(81)76(15)52(32(5)6)65(92)95-36(11)48(59(86)70-46)72-57(84)38-27-41(94-26-22-68-21-25-80)34(9)55-50(38)69-51-44(45(67)54(83)35(10)56(51)97-55)58(85)73-49-37(12)96-66(93)53(33(7)8)77(16)43(82)29-75(14)62(89)40-20-18-24-79(40)64(91)47(31(3)4)71-60(49)87/h27,30-33,36-37,39-40,46-49,52-53,68,80H,17-26,28-29,67H2,1-16H3,(H,70,86)(H,71,87)(H,72,84)(H,73,85)/t36-,37-,39+,40+,46-,47-,48+,49+,52+,53+/m1/s1. The molecular weight excluding hydrogens is 1260 g/mol. The van der Waals surface area contributed by atoms with Crippen molar-refractivity contribution in [1.29, 1.82) is 0 Å². The number of aliphatic hydroxyl groups is 1. The fourth-order valence-corrected chi connectivity index (χ4v) is 12.9. The Balaban J connectivity index is 1.39. The van der Waals surface area contributed by atoms with Gasteiger partial charge in [0.15, 0.2) is 11.3 Å². The molecule has 0 radical (unpaired) electrons. The van der Waals surface area contributed by atoms with Gasteiger partial charge in [-0.05, 0) is 83.1 Å². The van der Waals surface area contributed by atoms with Crippen LogP contribution in [0.5, 0.6) is 5.75 Å². The van der Waals surface area contributed by atoms with Gasteiger partial charge in [0.25, 0.3) is 11.8 Å². The van der Waals surface area contributed by atoms with Gasteiger partial charge in [0.1, 0.15) is 84.1 Å². The Bertz CT molecular complexity index is 3590. The number of aliphatic hydroxyl groups excluding tert-OH is 1. The molecule has 1 aromatic rings. The predicted octanol–water partition coefficient (Wildman–Crippen LogP) is -0.314. The molecule has 5 heterocycles. The van der Waals surface area contributed by atoms with Gasteiger partial charge in [-0.25, -0.2) is 14.6 Å². The van der Waals surface area contributed by atoms with Crippen LogP contribution in [0.2, 0.25) is 0 Å². The highest BCUT2D eigenvalue weighted by molar-refractivity contribution is 6.11. The smallest absolute Gasteiger partial charge is 0.329 e. The Labute approximate surface area is 563 Å². The number of aromatic nitrogens is 1. The molecule has 4 saturated heterocycles. The Morgan fingerprint density at radius 2 is 1.11 bits per heavy atom. The van der Waals surface area contributed by atoms with Gasteiger partial charge in [-0.2, -0.15) is 0 Å². The Morgan fingerprint density at radius 3 is 1.55 bits per heavy atom. The second kappa shape index (κ2) is 31.5. The lowest BCUT2D eigenvalue weighted by Crippen LogP contribution is -2.61. The molecule has 0 bridgehead atoms. The highest BCUT2D eigenvalue weighted by Gasteiger charge is 2.47. The number of carbonyl (C=O) groups excluding carboxylic acids is 12. The van der Waals surface area contributed by atoms with Gasteiger partial charge < -0.3 is 85.5 Å². The van der Waals surface area contributed by atoms with Crippen LogP contribution in [-0.4, -0.2) is 252 Å². The minimum atomic E-state index is -1.92. The second-order valence-electron chi connectivity index (χ2n) is 27.0. The van der Waals surface area contributed by atoms with Crippen LogP contribution in [0.1, 0.15) is 127 Å². The van der Waals surface area contributed by atoms with Crippen molar-refractivity contribution in [3.8, 4) is 17.2 Å². The molecule has 31 heteroatoms. The number of ether oxygens (including phenoxy) is 3. The first-order chi connectivity index (χ1) is 45.6. The monoisotopic (exact) mass is 1360 g/mol. The number of aryl methyl sites for hydroxylation is 1. The van der Waals surface area contributed by atoms with E-state index < -0.39 is 196 Å². The van der Waals surface area contributed by atoms with Gasteiger partial charge >= 0.3 is 11.9 Å². The van der Waals surface area contributed by atoms with E-state index in [4.69, 9.17) is 29.3 Å². The number of fused-ring (bicyclic) bond motifs is 4. The van der Waals surface area contributed by atoms with Crippen LogP contribution in [0.3, 0.4) is 0 Å². The molecule has 7 rings (SSSR count). The summed E-state index contributed by atoms with van der Waals surface area (Å²) in [4.78, 5) is 201.